The van der Waals surface area contributed by atoms with Gasteiger partial charge in [0.05, 0.1) is 6.54 Å². The Bertz CT molecular complexity index is 380. The van der Waals surface area contributed by atoms with Gasteiger partial charge in [-0.15, -0.1) is 0 Å². The maximum Gasteiger partial charge on any atom is 0.234 e. The first-order chi connectivity index (χ1) is 10.1. The Morgan fingerprint density at radius 1 is 1.23 bits per heavy atom. The van der Waals surface area contributed by atoms with Gasteiger partial charge in [-0.1, -0.05) is 20.8 Å². The summed E-state index contributed by atoms with van der Waals surface area (Å²) in [6, 6.07) is 0.196. The Hall–Kier alpha value is -1.10. The van der Waals surface area contributed by atoms with Gasteiger partial charge in [0.2, 0.25) is 11.8 Å². The Kier molecular flexibility index (Phi) is 6.85. The molecule has 1 rings (SSSR count). The highest BCUT2D eigenvalue weighted by atomic mass is 16.2. The minimum atomic E-state index is -0.315. The number of rotatable bonds is 5. The van der Waals surface area contributed by atoms with E-state index in [0.717, 1.165) is 32.5 Å². The molecule has 0 radical (unpaired) electrons. The van der Waals surface area contributed by atoms with E-state index in [1.807, 2.05) is 46.6 Å². The maximum atomic E-state index is 12.2. The first kappa shape index (κ1) is 18.9. The van der Waals surface area contributed by atoms with Crippen molar-refractivity contribution < 1.29 is 9.59 Å². The molecule has 5 heteroatoms. The van der Waals surface area contributed by atoms with E-state index in [1.54, 1.807) is 0 Å². The summed E-state index contributed by atoms with van der Waals surface area (Å²) in [5, 5.41) is 2.93. The third kappa shape index (κ3) is 6.34. The summed E-state index contributed by atoms with van der Waals surface area (Å²) in [5.74, 6) is 0.848. The molecule has 1 aliphatic rings. The number of likely N-dealkylation sites (tertiary alicyclic amines) is 1. The molecule has 0 aromatic heterocycles. The minimum Gasteiger partial charge on any atom is -0.353 e. The number of piperidine rings is 1. The number of hydrogen-bond acceptors (Lipinski definition) is 3. The molecule has 5 nitrogen and oxygen atoms in total. The molecule has 1 heterocycles. The van der Waals surface area contributed by atoms with Crippen LogP contribution in [0.2, 0.25) is 0 Å². The van der Waals surface area contributed by atoms with Crippen molar-refractivity contribution in [3.63, 3.8) is 0 Å². The molecular weight excluding hydrogens is 278 g/mol. The van der Waals surface area contributed by atoms with E-state index in [-0.39, 0.29) is 23.3 Å². The highest BCUT2D eigenvalue weighted by Crippen LogP contribution is 2.21. The van der Waals surface area contributed by atoms with Crippen molar-refractivity contribution in [2.24, 2.45) is 11.3 Å². The number of carbonyl (C=O) groups is 2. The molecule has 0 aromatic carbocycles. The zero-order valence-electron chi connectivity index (χ0n) is 15.1. The average molecular weight is 311 g/mol. The molecule has 1 saturated heterocycles. The van der Waals surface area contributed by atoms with Crippen LogP contribution in [0.15, 0.2) is 0 Å². The lowest BCUT2D eigenvalue weighted by Gasteiger charge is -2.35. The van der Waals surface area contributed by atoms with Crippen molar-refractivity contribution in [2.45, 2.75) is 53.5 Å². The third-order valence-electron chi connectivity index (χ3n) is 4.04. The highest BCUT2D eigenvalue weighted by Gasteiger charge is 2.28. The second kappa shape index (κ2) is 7.95. The Morgan fingerprint density at radius 3 is 2.23 bits per heavy atom. The monoisotopic (exact) mass is 311 g/mol. The molecule has 0 saturated carbocycles. The zero-order valence-corrected chi connectivity index (χ0v) is 15.1. The van der Waals surface area contributed by atoms with Gasteiger partial charge in [-0.25, -0.2) is 0 Å². The lowest BCUT2D eigenvalue weighted by Crippen LogP contribution is -2.45. The van der Waals surface area contributed by atoms with Gasteiger partial charge in [0.25, 0.3) is 0 Å². The first-order valence-electron chi connectivity index (χ1n) is 8.37. The summed E-state index contributed by atoms with van der Waals surface area (Å²) in [4.78, 5) is 28.1. The fourth-order valence-electron chi connectivity index (χ4n) is 2.94. The molecule has 0 bridgehead atoms. The van der Waals surface area contributed by atoms with E-state index < -0.39 is 0 Å². The van der Waals surface area contributed by atoms with Gasteiger partial charge in [0.15, 0.2) is 0 Å². The van der Waals surface area contributed by atoms with Gasteiger partial charge in [-0.2, -0.15) is 0 Å². The molecule has 22 heavy (non-hydrogen) atoms. The van der Waals surface area contributed by atoms with Crippen LogP contribution in [0.3, 0.4) is 0 Å². The topological polar surface area (TPSA) is 52.7 Å². The van der Waals surface area contributed by atoms with Crippen molar-refractivity contribution in [1.29, 1.82) is 0 Å². The van der Waals surface area contributed by atoms with Crippen LogP contribution in [0.4, 0.5) is 0 Å². The summed E-state index contributed by atoms with van der Waals surface area (Å²) < 4.78 is 0. The fraction of sp³-hybridized carbons (Fsp3) is 0.882. The molecule has 0 aliphatic carbocycles. The third-order valence-corrected chi connectivity index (χ3v) is 4.04. The highest BCUT2D eigenvalue weighted by molar-refractivity contribution is 5.81. The molecule has 1 fully saturated rings. The zero-order chi connectivity index (χ0) is 16.9. The van der Waals surface area contributed by atoms with Crippen LogP contribution in [0.25, 0.3) is 0 Å². The molecule has 128 valence electrons. The van der Waals surface area contributed by atoms with Crippen molar-refractivity contribution in [1.82, 2.24) is 15.1 Å². The van der Waals surface area contributed by atoms with Gasteiger partial charge in [0.1, 0.15) is 0 Å². The molecule has 2 amide bonds. The largest absolute Gasteiger partial charge is 0.353 e. The van der Waals surface area contributed by atoms with Gasteiger partial charge < -0.3 is 10.2 Å². The number of nitrogens with one attached hydrogen (secondary N) is 1. The first-order valence-corrected chi connectivity index (χ1v) is 8.37. The van der Waals surface area contributed by atoms with Crippen LogP contribution < -0.4 is 5.32 Å². The number of amides is 2. The molecule has 0 unspecified atom stereocenters. The molecule has 0 aromatic rings. The summed E-state index contributed by atoms with van der Waals surface area (Å²) in [5.41, 5.74) is -0.315. The lowest BCUT2D eigenvalue weighted by atomic mass is 9.92. The minimum absolute atomic E-state index is 0.105. The molecule has 0 atom stereocenters. The Balaban J connectivity index is 2.34. The van der Waals surface area contributed by atoms with Gasteiger partial charge in [-0.3, -0.25) is 14.5 Å². The summed E-state index contributed by atoms with van der Waals surface area (Å²) >= 11 is 0. The van der Waals surface area contributed by atoms with Crippen molar-refractivity contribution in [2.75, 3.05) is 33.2 Å². The Labute approximate surface area is 135 Å². The second-order valence-corrected chi connectivity index (χ2v) is 7.88. The summed E-state index contributed by atoms with van der Waals surface area (Å²) in [7, 11) is 1.90. The molecule has 1 aliphatic heterocycles. The second-order valence-electron chi connectivity index (χ2n) is 7.88. The van der Waals surface area contributed by atoms with E-state index in [0.29, 0.717) is 12.5 Å². The van der Waals surface area contributed by atoms with E-state index >= 15 is 0 Å². The van der Waals surface area contributed by atoms with E-state index in [2.05, 4.69) is 10.2 Å². The predicted octanol–water partition coefficient (Wildman–Crippen LogP) is 1.73. The van der Waals surface area contributed by atoms with Gasteiger partial charge in [0, 0.05) is 25.0 Å². The van der Waals surface area contributed by atoms with Crippen LogP contribution >= 0.6 is 0 Å². The van der Waals surface area contributed by atoms with Crippen molar-refractivity contribution >= 4 is 11.8 Å². The van der Waals surface area contributed by atoms with E-state index in [1.165, 1.54) is 0 Å². The van der Waals surface area contributed by atoms with Crippen LogP contribution in [0.1, 0.15) is 47.5 Å². The van der Waals surface area contributed by atoms with E-state index in [9.17, 15) is 9.59 Å². The number of carbonyl (C=O) groups excluding carboxylic acids is 2. The van der Waals surface area contributed by atoms with Crippen LogP contribution in [-0.2, 0) is 9.59 Å². The normalized spacial score (nSPS) is 17.6. The fourth-order valence-corrected chi connectivity index (χ4v) is 2.94. The summed E-state index contributed by atoms with van der Waals surface area (Å²) in [6.45, 7) is 13.0. The van der Waals surface area contributed by atoms with Crippen molar-refractivity contribution in [3.8, 4) is 0 Å². The molecule has 0 spiro atoms. The SMILES string of the molecule is CC(C)NC(=O)CN1CCC(CN(C)C(=O)C(C)(C)C)CC1. The molecule has 1 N–H and O–H groups in total. The van der Waals surface area contributed by atoms with Crippen LogP contribution in [-0.4, -0.2) is 60.9 Å². The average Bonchev–Trinajstić information content (AvgIpc) is 2.38. The summed E-state index contributed by atoms with van der Waals surface area (Å²) in [6.07, 6.45) is 2.10. The Morgan fingerprint density at radius 2 is 1.77 bits per heavy atom. The van der Waals surface area contributed by atoms with Crippen LogP contribution in [0, 0.1) is 11.3 Å². The molecular formula is C17H33N3O2. The smallest absolute Gasteiger partial charge is 0.234 e. The van der Waals surface area contributed by atoms with Crippen LogP contribution in [0.5, 0.6) is 0 Å². The van der Waals surface area contributed by atoms with Gasteiger partial charge >= 0.3 is 0 Å². The number of nitrogens with zero attached hydrogens (tertiary/aromatic N) is 2. The van der Waals surface area contributed by atoms with E-state index in [4.69, 9.17) is 0 Å². The number of hydrogen-bond donors (Lipinski definition) is 1. The standard InChI is InChI=1S/C17H33N3O2/c1-13(2)18-15(21)12-20-9-7-14(8-10-20)11-19(6)16(22)17(3,4)5/h13-14H,7-12H2,1-6H3,(H,18,21). The predicted molar refractivity (Wildman–Crippen MR) is 89.5 cm³/mol. The van der Waals surface area contributed by atoms with Crippen molar-refractivity contribution in [3.05, 3.63) is 0 Å². The maximum absolute atomic E-state index is 12.2. The van der Waals surface area contributed by atoms with Gasteiger partial charge in [-0.05, 0) is 45.7 Å². The lowest BCUT2D eigenvalue weighted by molar-refractivity contribution is -0.138. The quantitative estimate of drug-likeness (QED) is 0.841.